The number of hydrogen-bond donors (Lipinski definition) is 2. The molecule has 1 rings (SSSR count). The summed E-state index contributed by atoms with van der Waals surface area (Å²) in [5, 5.41) is 6.02. The SMILES string of the molecule is CCNC(=NCC(=O)N(C)CC(F)(F)F)NC1CC1. The van der Waals surface area contributed by atoms with Gasteiger partial charge in [-0.05, 0) is 19.8 Å². The lowest BCUT2D eigenvalue weighted by atomic mass is 10.5. The van der Waals surface area contributed by atoms with Crippen LogP contribution < -0.4 is 10.6 Å². The molecule has 0 aromatic carbocycles. The Labute approximate surface area is 110 Å². The lowest BCUT2D eigenvalue weighted by molar-refractivity contribution is -0.157. The molecule has 1 aliphatic carbocycles. The van der Waals surface area contributed by atoms with Crippen LogP contribution in [0.15, 0.2) is 4.99 Å². The van der Waals surface area contributed by atoms with E-state index < -0.39 is 18.6 Å². The monoisotopic (exact) mass is 280 g/mol. The molecule has 0 aromatic rings. The Morgan fingerprint density at radius 3 is 2.53 bits per heavy atom. The first-order valence-electron chi connectivity index (χ1n) is 6.17. The molecule has 1 fully saturated rings. The molecule has 2 N–H and O–H groups in total. The van der Waals surface area contributed by atoms with Crippen molar-refractivity contribution >= 4 is 11.9 Å². The second kappa shape index (κ2) is 6.63. The Kier molecular flexibility index (Phi) is 5.44. The molecule has 0 aliphatic heterocycles. The van der Waals surface area contributed by atoms with Gasteiger partial charge in [-0.25, -0.2) is 4.99 Å². The third-order valence-electron chi connectivity index (χ3n) is 2.48. The fraction of sp³-hybridized carbons (Fsp3) is 0.818. The van der Waals surface area contributed by atoms with E-state index in [4.69, 9.17) is 0 Å². The molecule has 110 valence electrons. The number of alkyl halides is 3. The van der Waals surface area contributed by atoms with Crippen molar-refractivity contribution in [2.75, 3.05) is 26.7 Å². The van der Waals surface area contributed by atoms with Gasteiger partial charge in [-0.2, -0.15) is 13.2 Å². The fourth-order valence-electron chi connectivity index (χ4n) is 1.37. The molecule has 1 amide bonds. The Hall–Kier alpha value is -1.47. The highest BCUT2D eigenvalue weighted by Gasteiger charge is 2.31. The first kappa shape index (κ1) is 15.6. The van der Waals surface area contributed by atoms with Gasteiger partial charge in [0.2, 0.25) is 5.91 Å². The summed E-state index contributed by atoms with van der Waals surface area (Å²) >= 11 is 0. The average Bonchev–Trinajstić information content (AvgIpc) is 3.07. The minimum atomic E-state index is -4.38. The fourth-order valence-corrected chi connectivity index (χ4v) is 1.37. The van der Waals surface area contributed by atoms with Crippen molar-refractivity contribution in [3.05, 3.63) is 0 Å². The highest BCUT2D eigenvalue weighted by Crippen LogP contribution is 2.18. The van der Waals surface area contributed by atoms with Crippen molar-refractivity contribution in [3.63, 3.8) is 0 Å². The van der Waals surface area contributed by atoms with Gasteiger partial charge >= 0.3 is 6.18 Å². The summed E-state index contributed by atoms with van der Waals surface area (Å²) in [7, 11) is 1.12. The topological polar surface area (TPSA) is 56.7 Å². The highest BCUT2D eigenvalue weighted by molar-refractivity contribution is 5.85. The van der Waals surface area contributed by atoms with Gasteiger partial charge in [0.15, 0.2) is 5.96 Å². The van der Waals surface area contributed by atoms with Gasteiger partial charge in [0, 0.05) is 19.6 Å². The number of likely N-dealkylation sites (N-methyl/N-ethyl adjacent to an activating group) is 1. The van der Waals surface area contributed by atoms with E-state index in [0.29, 0.717) is 23.4 Å². The number of guanidine groups is 1. The largest absolute Gasteiger partial charge is 0.406 e. The molecule has 0 spiro atoms. The van der Waals surface area contributed by atoms with E-state index in [9.17, 15) is 18.0 Å². The van der Waals surface area contributed by atoms with E-state index in [0.717, 1.165) is 19.9 Å². The normalized spacial score (nSPS) is 16.2. The molecule has 0 radical (unpaired) electrons. The van der Waals surface area contributed by atoms with Gasteiger partial charge in [-0.1, -0.05) is 0 Å². The van der Waals surface area contributed by atoms with Crippen LogP contribution in [-0.4, -0.2) is 55.7 Å². The molecule has 19 heavy (non-hydrogen) atoms. The standard InChI is InChI=1S/C11H19F3N4O/c1-3-15-10(17-8-4-5-8)16-6-9(19)18(2)7-11(12,13)14/h8H,3-7H2,1-2H3,(H2,15,16,17). The van der Waals surface area contributed by atoms with Crippen LogP contribution in [0.4, 0.5) is 13.2 Å². The first-order chi connectivity index (χ1) is 8.81. The van der Waals surface area contributed by atoms with Crippen molar-refractivity contribution in [3.8, 4) is 0 Å². The first-order valence-corrected chi connectivity index (χ1v) is 6.17. The van der Waals surface area contributed by atoms with Gasteiger partial charge in [0.1, 0.15) is 13.1 Å². The van der Waals surface area contributed by atoms with E-state index in [1.807, 2.05) is 6.92 Å². The third kappa shape index (κ3) is 6.88. The summed E-state index contributed by atoms with van der Waals surface area (Å²) in [6, 6.07) is 0.362. The quantitative estimate of drug-likeness (QED) is 0.576. The third-order valence-corrected chi connectivity index (χ3v) is 2.48. The van der Waals surface area contributed by atoms with E-state index in [2.05, 4.69) is 15.6 Å². The number of nitrogens with zero attached hydrogens (tertiary/aromatic N) is 2. The lowest BCUT2D eigenvalue weighted by Crippen LogP contribution is -2.41. The smallest absolute Gasteiger partial charge is 0.357 e. The van der Waals surface area contributed by atoms with Gasteiger partial charge < -0.3 is 15.5 Å². The molecule has 0 heterocycles. The van der Waals surface area contributed by atoms with E-state index in [1.165, 1.54) is 0 Å². The summed E-state index contributed by atoms with van der Waals surface area (Å²) in [5.41, 5.74) is 0. The molecule has 0 unspecified atom stereocenters. The average molecular weight is 280 g/mol. The van der Waals surface area contributed by atoms with Gasteiger partial charge in [-0.15, -0.1) is 0 Å². The van der Waals surface area contributed by atoms with Crippen LogP contribution in [0.1, 0.15) is 19.8 Å². The number of amides is 1. The van der Waals surface area contributed by atoms with Crippen LogP contribution in [0.5, 0.6) is 0 Å². The minimum absolute atomic E-state index is 0.297. The van der Waals surface area contributed by atoms with E-state index >= 15 is 0 Å². The van der Waals surface area contributed by atoms with Crippen LogP contribution in [-0.2, 0) is 4.79 Å². The number of halogens is 3. The summed E-state index contributed by atoms with van der Waals surface area (Å²) < 4.78 is 36.3. The molecule has 1 saturated carbocycles. The number of rotatable bonds is 5. The van der Waals surface area contributed by atoms with Crippen molar-refractivity contribution in [1.82, 2.24) is 15.5 Å². The van der Waals surface area contributed by atoms with E-state index in [1.54, 1.807) is 0 Å². The van der Waals surface area contributed by atoms with Crippen molar-refractivity contribution in [2.45, 2.75) is 32.0 Å². The molecule has 8 heteroatoms. The maximum Gasteiger partial charge on any atom is 0.406 e. The van der Waals surface area contributed by atoms with Gasteiger partial charge in [0.25, 0.3) is 0 Å². The molecule has 0 aromatic heterocycles. The summed E-state index contributed by atoms with van der Waals surface area (Å²) in [5.74, 6) is -0.191. The zero-order valence-electron chi connectivity index (χ0n) is 11.0. The Balaban J connectivity index is 2.43. The molecular weight excluding hydrogens is 261 g/mol. The maximum absolute atomic E-state index is 12.1. The Bertz CT molecular complexity index is 339. The van der Waals surface area contributed by atoms with Crippen molar-refractivity contribution in [2.24, 2.45) is 4.99 Å². The number of aliphatic imine (C=N–C) groups is 1. The number of hydrogen-bond acceptors (Lipinski definition) is 2. The Morgan fingerprint density at radius 2 is 2.05 bits per heavy atom. The van der Waals surface area contributed by atoms with Crippen LogP contribution in [0, 0.1) is 0 Å². The predicted octanol–water partition coefficient (Wildman–Crippen LogP) is 0.725. The molecule has 0 saturated heterocycles. The van der Waals surface area contributed by atoms with Gasteiger partial charge in [0.05, 0.1) is 0 Å². The van der Waals surface area contributed by atoms with Gasteiger partial charge in [-0.3, -0.25) is 4.79 Å². The summed E-state index contributed by atoms with van der Waals surface area (Å²) in [4.78, 5) is 16.1. The number of carbonyl (C=O) groups is 1. The maximum atomic E-state index is 12.1. The van der Waals surface area contributed by atoms with Crippen LogP contribution in [0.2, 0.25) is 0 Å². The van der Waals surface area contributed by atoms with Crippen LogP contribution in [0.25, 0.3) is 0 Å². The minimum Gasteiger partial charge on any atom is -0.357 e. The van der Waals surface area contributed by atoms with Crippen LogP contribution >= 0.6 is 0 Å². The molecule has 5 nitrogen and oxygen atoms in total. The lowest BCUT2D eigenvalue weighted by Gasteiger charge is -2.18. The van der Waals surface area contributed by atoms with Crippen molar-refractivity contribution in [1.29, 1.82) is 0 Å². The molecule has 0 bridgehead atoms. The summed E-state index contributed by atoms with van der Waals surface area (Å²) in [6.45, 7) is 0.954. The zero-order valence-corrected chi connectivity index (χ0v) is 11.0. The summed E-state index contributed by atoms with van der Waals surface area (Å²) in [6.07, 6.45) is -2.29. The molecular formula is C11H19F3N4O. The molecule has 0 atom stereocenters. The Morgan fingerprint density at radius 1 is 1.42 bits per heavy atom. The second-order valence-corrected chi connectivity index (χ2v) is 4.48. The number of nitrogens with one attached hydrogen (secondary N) is 2. The molecule has 1 aliphatic rings. The zero-order chi connectivity index (χ0) is 14.5. The predicted molar refractivity (Wildman–Crippen MR) is 65.8 cm³/mol. The second-order valence-electron chi connectivity index (χ2n) is 4.48. The number of carbonyl (C=O) groups excluding carboxylic acids is 1. The van der Waals surface area contributed by atoms with Crippen molar-refractivity contribution < 1.29 is 18.0 Å². The highest BCUT2D eigenvalue weighted by atomic mass is 19.4. The van der Waals surface area contributed by atoms with E-state index in [-0.39, 0.29) is 6.54 Å². The van der Waals surface area contributed by atoms with Crippen LogP contribution in [0.3, 0.4) is 0 Å².